The molecule has 0 heterocycles. The Hall–Kier alpha value is -4.83. The van der Waals surface area contributed by atoms with Gasteiger partial charge in [-0.25, -0.2) is 13.8 Å². The molecule has 6 aromatic rings. The predicted molar refractivity (Wildman–Crippen MR) is 292 cm³/mol. The molecule has 0 radical (unpaired) electrons. The predicted octanol–water partition coefficient (Wildman–Crippen LogP) is 12.8. The van der Waals surface area contributed by atoms with Crippen LogP contribution in [0.25, 0.3) is 0 Å². The Morgan fingerprint density at radius 2 is 1.16 bits per heavy atom. The van der Waals surface area contributed by atoms with Crippen LogP contribution >= 0.6 is 119 Å². The van der Waals surface area contributed by atoms with Crippen molar-refractivity contribution in [1.82, 2.24) is 10.6 Å². The van der Waals surface area contributed by atoms with Crippen molar-refractivity contribution in [2.45, 2.75) is 25.4 Å². The molecule has 8 N–H and O–H groups in total. The van der Waals surface area contributed by atoms with Crippen LogP contribution in [0.2, 0.25) is 10.0 Å². The number of rotatable bonds is 11. The fraction of sp³-hybridized carbons (Fsp3) is 0.106. The van der Waals surface area contributed by atoms with E-state index in [-0.39, 0.29) is 61.1 Å². The highest BCUT2D eigenvalue weighted by atomic mass is 79.9. The van der Waals surface area contributed by atoms with Crippen molar-refractivity contribution < 1.29 is 23.5 Å². The van der Waals surface area contributed by atoms with Gasteiger partial charge in [-0.1, -0.05) is 103 Å². The number of nitrogens with one attached hydrogen (secondary N) is 3. The van der Waals surface area contributed by atoms with Crippen molar-refractivity contribution in [2.24, 2.45) is 16.5 Å². The lowest BCUT2D eigenvalue weighted by atomic mass is 10.1. The van der Waals surface area contributed by atoms with E-state index in [1.807, 2.05) is 18.2 Å². The standard InChI is InChI=1S/C23H17BrClFN4OS.C16H13BrN2O2.C7H6ClFN2S.CH2Cl2.BrH/c24-17-6-5-16(13-32-23(28)30-18-7-8-21(26)20(25)10-18)19(9-17)22(31)29-12-15-3-1-14(11-27)2-4-15;17-14-6-5-13(10-20)15(7-14)16(21)19-9-12-3-1-11(8-18)2-4-12;8-5-3-4(11-7(10)12)1-2-6(5)9;2-1-3;/h1-10H,12-13H2,(H2,28,30)(H,29,31);1-7,20H,9-10H2,(H,19,21);1-3H,(H3,10,11,12);1H2;1H. The largest absolute Gasteiger partial charge is 0.392 e. The number of thiocarbonyl (C=S) groups is 1. The van der Waals surface area contributed by atoms with Crippen LogP contribution in [-0.2, 0) is 25.4 Å². The summed E-state index contributed by atoms with van der Waals surface area (Å²) in [5, 5.41) is 35.8. The zero-order valence-corrected chi connectivity index (χ0v) is 45.1. The highest BCUT2D eigenvalue weighted by molar-refractivity contribution is 9.10. The molecule has 6 aromatic carbocycles. The van der Waals surface area contributed by atoms with Crippen molar-refractivity contribution in [3.8, 4) is 12.1 Å². The lowest BCUT2D eigenvalue weighted by Crippen LogP contribution is -2.24. The molecule has 0 unspecified atom stereocenters. The molecule has 11 nitrogen and oxygen atoms in total. The number of nitriles is 2. The first-order chi connectivity index (χ1) is 32.5. The number of amidine groups is 1. The van der Waals surface area contributed by atoms with E-state index in [1.54, 1.807) is 72.8 Å². The lowest BCUT2D eigenvalue weighted by Gasteiger charge is -2.11. The molecule has 69 heavy (non-hydrogen) atoms. The third kappa shape index (κ3) is 21.8. The van der Waals surface area contributed by atoms with E-state index in [1.165, 1.54) is 48.2 Å². The van der Waals surface area contributed by atoms with Crippen LogP contribution in [0.15, 0.2) is 135 Å². The maximum atomic E-state index is 13.3. The number of carbonyl (C=O) groups excluding carboxylic acids is 2. The van der Waals surface area contributed by atoms with E-state index in [2.05, 4.69) is 71.1 Å². The molecule has 0 aliphatic carbocycles. The Morgan fingerprint density at radius 3 is 1.59 bits per heavy atom. The Morgan fingerprint density at radius 1 is 0.710 bits per heavy atom. The SMILES string of the molecule is Br.ClCCl.N#Cc1ccc(CNC(=O)c2cc(Br)ccc2CO)cc1.N#Cc1ccc(CNC(=O)c2cc(Br)ccc2CSC(N)=Nc2ccc(F)c(Cl)c2)cc1.NC(=S)Nc1ccc(F)c(Cl)c1. The summed E-state index contributed by atoms with van der Waals surface area (Å²) < 4.78 is 27.5. The number of amides is 2. The van der Waals surface area contributed by atoms with Gasteiger partial charge >= 0.3 is 0 Å². The van der Waals surface area contributed by atoms with Gasteiger partial charge in [0.05, 0.1) is 50.9 Å². The van der Waals surface area contributed by atoms with Gasteiger partial charge in [0, 0.05) is 44.6 Å². The monoisotopic (exact) mass is 1240 g/mol. The summed E-state index contributed by atoms with van der Waals surface area (Å²) in [6.45, 7) is 0.507. The summed E-state index contributed by atoms with van der Waals surface area (Å²) in [6.07, 6.45) is 0. The molecule has 360 valence electrons. The van der Waals surface area contributed by atoms with Crippen LogP contribution in [-0.4, -0.2) is 32.5 Å². The molecule has 0 fully saturated rings. The average molecular weight is 1250 g/mol. The van der Waals surface area contributed by atoms with E-state index in [0.717, 1.165) is 25.6 Å². The van der Waals surface area contributed by atoms with Gasteiger partial charge in [-0.2, -0.15) is 10.5 Å². The van der Waals surface area contributed by atoms with Crippen molar-refractivity contribution in [3.63, 3.8) is 0 Å². The number of benzene rings is 6. The van der Waals surface area contributed by atoms with Crippen LogP contribution in [0.1, 0.15) is 54.1 Å². The van der Waals surface area contributed by atoms with Gasteiger partial charge < -0.3 is 32.5 Å². The van der Waals surface area contributed by atoms with E-state index in [9.17, 15) is 23.5 Å². The van der Waals surface area contributed by atoms with Gasteiger partial charge in [-0.05, 0) is 119 Å². The minimum atomic E-state index is -0.525. The number of aliphatic hydroxyl groups excluding tert-OH is 1. The van der Waals surface area contributed by atoms with Gasteiger partial charge in [-0.15, -0.1) is 40.2 Å². The molecule has 2 amide bonds. The average Bonchev–Trinajstić information content (AvgIpc) is 3.32. The van der Waals surface area contributed by atoms with Gasteiger partial charge in [0.2, 0.25) is 0 Å². The summed E-state index contributed by atoms with van der Waals surface area (Å²) in [5.41, 5.74) is 17.5. The number of thioether (sulfide) groups is 1. The third-order valence-electron chi connectivity index (χ3n) is 8.58. The molecule has 22 heteroatoms. The van der Waals surface area contributed by atoms with Gasteiger partial charge in [0.1, 0.15) is 11.6 Å². The van der Waals surface area contributed by atoms with E-state index < -0.39 is 11.6 Å². The fourth-order valence-electron chi connectivity index (χ4n) is 5.32. The Balaban J connectivity index is 0.000000378. The highest BCUT2D eigenvalue weighted by Crippen LogP contribution is 2.26. The minimum absolute atomic E-state index is 0. The molecule has 0 aliphatic rings. The second-order valence-corrected chi connectivity index (χ2v) is 18.2. The van der Waals surface area contributed by atoms with Crippen molar-refractivity contribution in [1.29, 1.82) is 10.5 Å². The molecule has 6 rings (SSSR count). The van der Waals surface area contributed by atoms with E-state index in [0.29, 0.717) is 58.0 Å². The van der Waals surface area contributed by atoms with Crippen molar-refractivity contribution in [2.75, 3.05) is 10.7 Å². The van der Waals surface area contributed by atoms with E-state index >= 15 is 0 Å². The zero-order valence-electron chi connectivity index (χ0n) is 35.6. The van der Waals surface area contributed by atoms with Crippen molar-refractivity contribution >= 4 is 153 Å². The topological polar surface area (TPSA) is 202 Å². The Kier molecular flexibility index (Phi) is 28.1. The molecule has 0 atom stereocenters. The van der Waals surface area contributed by atoms with Gasteiger partial charge in [0.25, 0.3) is 11.8 Å². The molecule has 0 saturated heterocycles. The number of hydrogen-bond donors (Lipinski definition) is 6. The number of hydrogen-bond acceptors (Lipinski definition) is 8. The second kappa shape index (κ2) is 32.1. The Labute approximate surface area is 454 Å². The quantitative estimate of drug-likeness (QED) is 0.0314. The summed E-state index contributed by atoms with van der Waals surface area (Å²) >= 11 is 33.4. The number of halogens is 9. The molecule has 0 spiro atoms. The van der Waals surface area contributed by atoms with E-state index in [4.69, 9.17) is 68.4 Å². The van der Waals surface area contributed by atoms with Crippen LogP contribution in [0.4, 0.5) is 20.2 Å². The van der Waals surface area contributed by atoms with Gasteiger partial charge in [0.15, 0.2) is 10.3 Å². The zero-order chi connectivity index (χ0) is 50.2. The smallest absolute Gasteiger partial charge is 0.251 e. The lowest BCUT2D eigenvalue weighted by molar-refractivity contribution is 0.0941. The number of anilines is 1. The fourth-order valence-corrected chi connectivity index (χ4v) is 7.24. The maximum Gasteiger partial charge on any atom is 0.251 e. The second-order valence-electron chi connectivity index (χ2n) is 13.3. The van der Waals surface area contributed by atoms with Gasteiger partial charge in [-0.3, -0.25) is 9.59 Å². The first-order valence-electron chi connectivity index (χ1n) is 19.3. The first kappa shape index (κ1) is 60.3. The summed E-state index contributed by atoms with van der Waals surface area (Å²) in [7, 11) is 0. The number of nitrogens with two attached hydrogens (primary N) is 2. The number of aliphatic imine (C=N–C) groups is 1. The Bertz CT molecular complexity index is 2810. The summed E-state index contributed by atoms with van der Waals surface area (Å²) in [5.74, 6) is -1.05. The molecule has 0 saturated carbocycles. The van der Waals surface area contributed by atoms with Crippen LogP contribution < -0.4 is 27.4 Å². The maximum absolute atomic E-state index is 13.3. The third-order valence-corrected chi connectivity index (χ3v) is 11.1. The highest BCUT2D eigenvalue weighted by Gasteiger charge is 2.14. The summed E-state index contributed by atoms with van der Waals surface area (Å²) in [6, 6.07) is 37.0. The van der Waals surface area contributed by atoms with Crippen LogP contribution in [0, 0.1) is 34.3 Å². The molecule has 0 bridgehead atoms. The summed E-state index contributed by atoms with van der Waals surface area (Å²) in [4.78, 5) is 29.2. The number of alkyl halides is 2. The normalized spacial score (nSPS) is 10.1. The van der Waals surface area contributed by atoms with Crippen molar-refractivity contribution in [3.05, 3.63) is 196 Å². The molecule has 0 aromatic heterocycles. The molecule has 0 aliphatic heterocycles. The molecular formula is C47H39Br3Cl4F2N8O3S2. The minimum Gasteiger partial charge on any atom is -0.392 e. The van der Waals surface area contributed by atoms with Crippen LogP contribution in [0.3, 0.4) is 0 Å². The number of carbonyl (C=O) groups is 2. The number of nitrogens with zero attached hydrogens (tertiary/aromatic N) is 3. The molecular weight excluding hydrogens is 1210 g/mol. The first-order valence-corrected chi connectivity index (χ1v) is 24.1. The van der Waals surface area contributed by atoms with Crippen LogP contribution in [0.5, 0.6) is 0 Å². The number of aliphatic hydroxyl groups is 1.